The lowest BCUT2D eigenvalue weighted by Crippen LogP contribution is -2.28. The summed E-state index contributed by atoms with van der Waals surface area (Å²) < 4.78 is 13.2. The highest BCUT2D eigenvalue weighted by molar-refractivity contribution is 5.88. The molecular formula is C42H27NO2. The van der Waals surface area contributed by atoms with E-state index in [0.29, 0.717) is 11.5 Å². The molecule has 3 heteroatoms. The minimum Gasteiger partial charge on any atom is -0.450 e. The largest absolute Gasteiger partial charge is 0.450 e. The zero-order chi connectivity index (χ0) is 29.8. The third-order valence-corrected chi connectivity index (χ3v) is 9.12. The number of nitrogens with zero attached hydrogens (tertiary/aromatic N) is 1. The predicted octanol–water partition coefficient (Wildman–Crippen LogP) is 10.7. The molecule has 1 aromatic heterocycles. The second-order valence-corrected chi connectivity index (χ2v) is 11.6. The minimum absolute atomic E-state index is 0.487. The first-order chi connectivity index (χ1) is 22.3. The number of rotatable bonds is 4. The zero-order valence-electron chi connectivity index (χ0n) is 24.4. The topological polar surface area (TPSA) is 31.4 Å². The third-order valence-electron chi connectivity index (χ3n) is 9.12. The molecule has 0 amide bonds. The molecular weight excluding hydrogens is 550 g/mol. The smallest absolute Gasteiger partial charge is 0.170 e. The summed E-state index contributed by atoms with van der Waals surface area (Å²) in [6, 6.07) is 53.4. The summed E-state index contributed by atoms with van der Waals surface area (Å²) in [6.07, 6.45) is 3.68. The Bertz CT molecular complexity index is 2150. The van der Waals surface area contributed by atoms with Gasteiger partial charge >= 0.3 is 0 Å². The van der Waals surface area contributed by atoms with Crippen LogP contribution in [0.25, 0.3) is 33.4 Å². The molecule has 0 radical (unpaired) electrons. The van der Waals surface area contributed by atoms with E-state index in [1.807, 2.05) is 18.3 Å². The van der Waals surface area contributed by atoms with Crippen LogP contribution in [0.2, 0.25) is 0 Å². The summed E-state index contributed by atoms with van der Waals surface area (Å²) in [4.78, 5) is 4.25. The van der Waals surface area contributed by atoms with Gasteiger partial charge in [-0.2, -0.15) is 0 Å². The van der Waals surface area contributed by atoms with E-state index in [-0.39, 0.29) is 0 Å². The average Bonchev–Trinajstić information content (AvgIpc) is 3.40. The number of hydrogen-bond acceptors (Lipinski definition) is 3. The fourth-order valence-corrected chi connectivity index (χ4v) is 7.08. The zero-order valence-corrected chi connectivity index (χ0v) is 24.4. The van der Waals surface area contributed by atoms with Crippen LogP contribution in [0.4, 0.5) is 0 Å². The average molecular weight is 578 g/mol. The highest BCUT2D eigenvalue weighted by Crippen LogP contribution is 2.59. The molecule has 0 N–H and O–H groups in total. The van der Waals surface area contributed by atoms with Gasteiger partial charge in [0, 0.05) is 12.4 Å². The first kappa shape index (κ1) is 25.6. The van der Waals surface area contributed by atoms with Crippen molar-refractivity contribution in [3.63, 3.8) is 0 Å². The number of benzene rings is 6. The lowest BCUT2D eigenvalue weighted by Gasteiger charge is -2.34. The van der Waals surface area contributed by atoms with Gasteiger partial charge in [-0.15, -0.1) is 0 Å². The van der Waals surface area contributed by atoms with Gasteiger partial charge in [0.1, 0.15) is 0 Å². The molecule has 3 nitrogen and oxygen atoms in total. The van der Waals surface area contributed by atoms with Gasteiger partial charge in [0.15, 0.2) is 23.0 Å². The first-order valence-corrected chi connectivity index (χ1v) is 15.2. The predicted molar refractivity (Wildman–Crippen MR) is 179 cm³/mol. The number of aromatic nitrogens is 1. The van der Waals surface area contributed by atoms with E-state index >= 15 is 0 Å². The number of fused-ring (bicyclic) bond motifs is 5. The monoisotopic (exact) mass is 577 g/mol. The van der Waals surface area contributed by atoms with Crippen LogP contribution in [0.5, 0.6) is 23.0 Å². The molecule has 2 aliphatic rings. The van der Waals surface area contributed by atoms with E-state index in [9.17, 15) is 0 Å². The standard InChI is InChI=1S/C42H27NO2/c1-3-11-32(12-4-1)42(33-13-5-2-6-14-33)36-16-8-7-15-34(36)35-25-40-41(26-37(35)42)44-38-22-21-30(24-39(38)45-40)28-17-19-29(20-18-28)31-10-9-23-43-27-31/h1-27H. The molecule has 9 rings (SSSR count). The van der Waals surface area contributed by atoms with E-state index < -0.39 is 5.41 Å². The molecule has 0 bridgehead atoms. The molecule has 0 atom stereocenters. The maximum Gasteiger partial charge on any atom is 0.170 e. The van der Waals surface area contributed by atoms with Crippen molar-refractivity contribution in [3.05, 3.63) is 186 Å². The van der Waals surface area contributed by atoms with Crippen molar-refractivity contribution < 1.29 is 9.47 Å². The quantitative estimate of drug-likeness (QED) is 0.208. The number of ether oxygens (including phenoxy) is 2. The van der Waals surface area contributed by atoms with E-state index in [4.69, 9.17) is 9.47 Å². The van der Waals surface area contributed by atoms with E-state index in [0.717, 1.165) is 39.3 Å². The third kappa shape index (κ3) is 3.94. The van der Waals surface area contributed by atoms with Crippen molar-refractivity contribution in [3.8, 4) is 56.4 Å². The summed E-state index contributed by atoms with van der Waals surface area (Å²) in [5.74, 6) is 2.86. The van der Waals surface area contributed by atoms with Gasteiger partial charge < -0.3 is 9.47 Å². The molecule has 2 heterocycles. The highest BCUT2D eigenvalue weighted by Gasteiger charge is 2.47. The van der Waals surface area contributed by atoms with Gasteiger partial charge in [-0.3, -0.25) is 4.98 Å². The SMILES string of the molecule is c1ccc(C2(c3ccccc3)c3ccccc3-c3cc4c(cc32)Oc2ccc(-c3ccc(-c5cccnc5)cc3)cc2O4)cc1. The molecule has 1 aliphatic carbocycles. The second-order valence-electron chi connectivity index (χ2n) is 11.6. The maximum absolute atomic E-state index is 6.62. The summed E-state index contributed by atoms with van der Waals surface area (Å²) in [6.45, 7) is 0. The molecule has 0 unspecified atom stereocenters. The van der Waals surface area contributed by atoms with Crippen LogP contribution in [-0.4, -0.2) is 4.98 Å². The molecule has 212 valence electrons. The maximum atomic E-state index is 6.62. The highest BCUT2D eigenvalue weighted by atomic mass is 16.6. The Morgan fingerprint density at radius 3 is 1.71 bits per heavy atom. The summed E-state index contributed by atoms with van der Waals surface area (Å²) in [5.41, 5.74) is 11.2. The van der Waals surface area contributed by atoms with Crippen molar-refractivity contribution in [2.45, 2.75) is 5.41 Å². The van der Waals surface area contributed by atoms with Gasteiger partial charge in [0.2, 0.25) is 0 Å². The molecule has 0 fully saturated rings. The molecule has 0 saturated carbocycles. The lowest BCUT2D eigenvalue weighted by molar-refractivity contribution is 0.359. The molecule has 0 spiro atoms. The van der Waals surface area contributed by atoms with E-state index in [1.54, 1.807) is 6.20 Å². The van der Waals surface area contributed by atoms with Crippen LogP contribution in [-0.2, 0) is 5.41 Å². The summed E-state index contributed by atoms with van der Waals surface area (Å²) in [7, 11) is 0. The van der Waals surface area contributed by atoms with Crippen molar-refractivity contribution in [1.82, 2.24) is 4.98 Å². The van der Waals surface area contributed by atoms with Crippen LogP contribution in [0.3, 0.4) is 0 Å². The minimum atomic E-state index is -0.487. The van der Waals surface area contributed by atoms with Gasteiger partial charge in [-0.05, 0) is 86.0 Å². The Kier molecular flexibility index (Phi) is 5.72. The number of pyridine rings is 1. The van der Waals surface area contributed by atoms with Crippen LogP contribution in [0.15, 0.2) is 164 Å². The Morgan fingerprint density at radius 1 is 0.400 bits per heavy atom. The van der Waals surface area contributed by atoms with Crippen molar-refractivity contribution in [2.75, 3.05) is 0 Å². The van der Waals surface area contributed by atoms with Crippen molar-refractivity contribution >= 4 is 0 Å². The van der Waals surface area contributed by atoms with Crippen molar-refractivity contribution in [1.29, 1.82) is 0 Å². The van der Waals surface area contributed by atoms with Crippen LogP contribution in [0.1, 0.15) is 22.3 Å². The van der Waals surface area contributed by atoms with E-state index in [2.05, 4.69) is 145 Å². The molecule has 45 heavy (non-hydrogen) atoms. The van der Waals surface area contributed by atoms with Crippen LogP contribution < -0.4 is 9.47 Å². The molecule has 6 aromatic carbocycles. The summed E-state index contributed by atoms with van der Waals surface area (Å²) in [5, 5.41) is 0. The van der Waals surface area contributed by atoms with Crippen molar-refractivity contribution in [2.24, 2.45) is 0 Å². The van der Waals surface area contributed by atoms with E-state index in [1.165, 1.54) is 27.8 Å². The Morgan fingerprint density at radius 2 is 1.00 bits per heavy atom. The fourth-order valence-electron chi connectivity index (χ4n) is 7.08. The second kappa shape index (κ2) is 10.1. The number of hydrogen-bond donors (Lipinski definition) is 0. The van der Waals surface area contributed by atoms with Gasteiger partial charge in [0.25, 0.3) is 0 Å². The van der Waals surface area contributed by atoms with Crippen LogP contribution in [0, 0.1) is 0 Å². The van der Waals surface area contributed by atoms with Gasteiger partial charge in [0.05, 0.1) is 5.41 Å². The van der Waals surface area contributed by atoms with Gasteiger partial charge in [-0.1, -0.05) is 121 Å². The van der Waals surface area contributed by atoms with Crippen LogP contribution >= 0.6 is 0 Å². The molecule has 1 aliphatic heterocycles. The normalized spacial score (nSPS) is 13.4. The fraction of sp³-hybridized carbons (Fsp3) is 0.0238. The Hall–Kier alpha value is -5.93. The molecule has 7 aromatic rings. The first-order valence-electron chi connectivity index (χ1n) is 15.2. The lowest BCUT2D eigenvalue weighted by atomic mass is 9.67. The Labute approximate surface area is 262 Å². The molecule has 0 saturated heterocycles. The van der Waals surface area contributed by atoms with Gasteiger partial charge in [-0.25, -0.2) is 0 Å². The Balaban J connectivity index is 1.15. The summed E-state index contributed by atoms with van der Waals surface area (Å²) >= 11 is 0.